The smallest absolute Gasteiger partial charge is 0.253 e. The Morgan fingerprint density at radius 3 is 2.43 bits per heavy atom. The maximum Gasteiger partial charge on any atom is 0.253 e. The van der Waals surface area contributed by atoms with Gasteiger partial charge in [-0.25, -0.2) is 0 Å². The van der Waals surface area contributed by atoms with Crippen LogP contribution >= 0.6 is 0 Å². The molecule has 21 heavy (non-hydrogen) atoms. The number of benzene rings is 1. The van der Waals surface area contributed by atoms with E-state index in [9.17, 15) is 4.79 Å². The molecule has 1 amide bonds. The van der Waals surface area contributed by atoms with Crippen LogP contribution in [-0.4, -0.2) is 31.8 Å². The summed E-state index contributed by atoms with van der Waals surface area (Å²) >= 11 is 0. The molecule has 0 heterocycles. The molecule has 0 radical (unpaired) electrons. The Bertz CT molecular complexity index is 418. The van der Waals surface area contributed by atoms with Crippen molar-refractivity contribution in [2.75, 3.05) is 25.1 Å². The van der Waals surface area contributed by atoms with Gasteiger partial charge in [0.25, 0.3) is 5.91 Å². The number of nitrogens with one attached hydrogen (secondary N) is 1. The van der Waals surface area contributed by atoms with E-state index >= 15 is 0 Å². The van der Waals surface area contributed by atoms with E-state index in [-0.39, 0.29) is 5.91 Å². The van der Waals surface area contributed by atoms with Crippen LogP contribution in [-0.2, 0) is 20.8 Å². The van der Waals surface area contributed by atoms with Crippen LogP contribution in [0.2, 0.25) is 0 Å². The van der Waals surface area contributed by atoms with Crippen LogP contribution in [0, 0.1) is 5.92 Å². The minimum absolute atomic E-state index is 0.167. The molecule has 118 valence electrons. The number of ether oxygens (including phenoxy) is 2. The highest BCUT2D eigenvalue weighted by Gasteiger charge is 2.13. The Kier molecular flexibility index (Phi) is 7.97. The van der Waals surface area contributed by atoms with Crippen molar-refractivity contribution >= 4 is 11.6 Å². The summed E-state index contributed by atoms with van der Waals surface area (Å²) in [4.78, 5) is 11.9. The van der Waals surface area contributed by atoms with Crippen LogP contribution in [0.3, 0.4) is 0 Å². The fourth-order valence-corrected chi connectivity index (χ4v) is 1.65. The largest absolute Gasteiger partial charge is 0.379 e. The number of nitrogens with two attached hydrogens (primary N) is 1. The lowest BCUT2D eigenvalue weighted by Crippen LogP contribution is -2.29. The highest BCUT2D eigenvalue weighted by atomic mass is 16.5. The monoisotopic (exact) mass is 294 g/mol. The third-order valence-corrected chi connectivity index (χ3v) is 2.87. The number of anilines is 1. The second kappa shape index (κ2) is 9.50. The zero-order valence-electron chi connectivity index (χ0n) is 13.1. The molecule has 3 N–H and O–H groups in total. The van der Waals surface area contributed by atoms with Gasteiger partial charge in [-0.15, -0.1) is 0 Å². The molecule has 5 heteroatoms. The van der Waals surface area contributed by atoms with Crippen LogP contribution in [0.1, 0.15) is 26.3 Å². The van der Waals surface area contributed by atoms with Gasteiger partial charge in [-0.1, -0.05) is 26.0 Å². The molecule has 1 rings (SSSR count). The first-order chi connectivity index (χ1) is 10.0. The fourth-order valence-electron chi connectivity index (χ4n) is 1.65. The molecule has 1 atom stereocenters. The fraction of sp³-hybridized carbons (Fsp3) is 0.562. The zero-order valence-corrected chi connectivity index (χ0v) is 13.1. The summed E-state index contributed by atoms with van der Waals surface area (Å²) in [7, 11) is 0. The molecule has 1 unspecified atom stereocenters. The number of hydrogen-bond acceptors (Lipinski definition) is 4. The van der Waals surface area contributed by atoms with E-state index in [0.29, 0.717) is 32.3 Å². The first kappa shape index (κ1) is 17.6. The van der Waals surface area contributed by atoms with Crippen LogP contribution in [0.5, 0.6) is 0 Å². The van der Waals surface area contributed by atoms with Crippen molar-refractivity contribution in [2.45, 2.75) is 33.4 Å². The summed E-state index contributed by atoms with van der Waals surface area (Å²) in [6.45, 7) is 8.02. The van der Waals surface area contributed by atoms with Gasteiger partial charge in [-0.05, 0) is 30.5 Å². The first-order valence-electron chi connectivity index (χ1n) is 7.32. The van der Waals surface area contributed by atoms with Gasteiger partial charge in [0.15, 0.2) is 0 Å². The second-order valence-electron chi connectivity index (χ2n) is 5.37. The SMILES string of the molecule is CC(C)COCCOC(C)C(=O)Nc1ccc(CN)cc1. The Balaban J connectivity index is 2.26. The van der Waals surface area contributed by atoms with Crippen molar-refractivity contribution in [3.05, 3.63) is 29.8 Å². The van der Waals surface area contributed by atoms with Crippen LogP contribution in [0.25, 0.3) is 0 Å². The summed E-state index contributed by atoms with van der Waals surface area (Å²) < 4.78 is 10.8. The summed E-state index contributed by atoms with van der Waals surface area (Å²) in [6, 6.07) is 7.44. The maximum absolute atomic E-state index is 11.9. The lowest BCUT2D eigenvalue weighted by Gasteiger charge is -2.14. The minimum atomic E-state index is -0.512. The molecule has 0 aromatic heterocycles. The van der Waals surface area contributed by atoms with Crippen molar-refractivity contribution < 1.29 is 14.3 Å². The van der Waals surface area contributed by atoms with Gasteiger partial charge in [0.2, 0.25) is 0 Å². The van der Waals surface area contributed by atoms with E-state index in [1.165, 1.54) is 0 Å². The summed E-state index contributed by atoms with van der Waals surface area (Å²) in [5.41, 5.74) is 7.30. The van der Waals surface area contributed by atoms with E-state index in [1.807, 2.05) is 24.3 Å². The van der Waals surface area contributed by atoms with E-state index in [1.54, 1.807) is 6.92 Å². The maximum atomic E-state index is 11.9. The predicted molar refractivity (Wildman–Crippen MR) is 84.0 cm³/mol. The van der Waals surface area contributed by atoms with Crippen LogP contribution < -0.4 is 11.1 Å². The van der Waals surface area contributed by atoms with Gasteiger partial charge in [-0.2, -0.15) is 0 Å². The van der Waals surface area contributed by atoms with Crippen molar-refractivity contribution in [3.63, 3.8) is 0 Å². The highest BCUT2D eigenvalue weighted by molar-refractivity contribution is 5.93. The molecule has 0 bridgehead atoms. The Morgan fingerprint density at radius 1 is 1.19 bits per heavy atom. The average molecular weight is 294 g/mol. The molecular weight excluding hydrogens is 268 g/mol. The molecule has 0 aliphatic rings. The van der Waals surface area contributed by atoms with Crippen LogP contribution in [0.15, 0.2) is 24.3 Å². The molecule has 0 saturated heterocycles. The van der Waals surface area contributed by atoms with Crippen LogP contribution in [0.4, 0.5) is 5.69 Å². The van der Waals surface area contributed by atoms with Gasteiger partial charge in [0.05, 0.1) is 13.2 Å². The van der Waals surface area contributed by atoms with Gasteiger partial charge < -0.3 is 20.5 Å². The van der Waals surface area contributed by atoms with Crippen molar-refractivity contribution in [1.29, 1.82) is 0 Å². The highest BCUT2D eigenvalue weighted by Crippen LogP contribution is 2.10. The van der Waals surface area contributed by atoms with Gasteiger partial charge in [0, 0.05) is 18.8 Å². The predicted octanol–water partition coefficient (Wildman–Crippen LogP) is 2.16. The molecule has 1 aromatic rings. The molecule has 0 aliphatic carbocycles. The molecule has 0 fully saturated rings. The third-order valence-electron chi connectivity index (χ3n) is 2.87. The van der Waals surface area contributed by atoms with E-state index < -0.39 is 6.10 Å². The van der Waals surface area contributed by atoms with E-state index in [0.717, 1.165) is 11.3 Å². The number of hydrogen-bond donors (Lipinski definition) is 2. The molecule has 1 aromatic carbocycles. The third kappa shape index (κ3) is 7.22. The Hall–Kier alpha value is -1.43. The lowest BCUT2D eigenvalue weighted by atomic mass is 10.2. The minimum Gasteiger partial charge on any atom is -0.379 e. The number of carbonyl (C=O) groups is 1. The number of carbonyl (C=O) groups excluding carboxylic acids is 1. The molecule has 0 spiro atoms. The zero-order chi connectivity index (χ0) is 15.7. The normalized spacial score (nSPS) is 12.4. The van der Waals surface area contributed by atoms with Gasteiger partial charge >= 0.3 is 0 Å². The second-order valence-corrected chi connectivity index (χ2v) is 5.37. The quantitative estimate of drug-likeness (QED) is 0.685. The number of amides is 1. The number of rotatable bonds is 9. The Labute approximate surface area is 126 Å². The molecule has 0 saturated carbocycles. The lowest BCUT2D eigenvalue weighted by molar-refractivity contribution is -0.127. The standard InChI is InChI=1S/C16H26N2O3/c1-12(2)11-20-8-9-21-13(3)16(19)18-15-6-4-14(10-17)5-7-15/h4-7,12-13H,8-11,17H2,1-3H3,(H,18,19). The van der Waals surface area contributed by atoms with Gasteiger partial charge in [0.1, 0.15) is 6.10 Å². The first-order valence-corrected chi connectivity index (χ1v) is 7.32. The van der Waals surface area contributed by atoms with E-state index in [2.05, 4.69) is 19.2 Å². The van der Waals surface area contributed by atoms with Crippen molar-refractivity contribution in [3.8, 4) is 0 Å². The topological polar surface area (TPSA) is 73.6 Å². The molecular formula is C16H26N2O3. The molecule has 0 aliphatic heterocycles. The van der Waals surface area contributed by atoms with Crippen molar-refractivity contribution in [1.82, 2.24) is 0 Å². The Morgan fingerprint density at radius 2 is 1.86 bits per heavy atom. The van der Waals surface area contributed by atoms with Gasteiger partial charge in [-0.3, -0.25) is 4.79 Å². The van der Waals surface area contributed by atoms with Crippen molar-refractivity contribution in [2.24, 2.45) is 11.7 Å². The summed E-state index contributed by atoms with van der Waals surface area (Å²) in [5.74, 6) is 0.335. The summed E-state index contributed by atoms with van der Waals surface area (Å²) in [6.07, 6.45) is -0.512. The average Bonchev–Trinajstić information content (AvgIpc) is 2.47. The molecule has 5 nitrogen and oxygen atoms in total. The summed E-state index contributed by atoms with van der Waals surface area (Å²) in [5, 5.41) is 2.81. The van der Waals surface area contributed by atoms with E-state index in [4.69, 9.17) is 15.2 Å².